The van der Waals surface area contributed by atoms with Crippen LogP contribution in [0.25, 0.3) is 0 Å². The summed E-state index contributed by atoms with van der Waals surface area (Å²) in [6.07, 6.45) is -1.12. The molecule has 0 fully saturated rings. The fourth-order valence-corrected chi connectivity index (χ4v) is 1.26. The maximum absolute atomic E-state index is 13.1. The van der Waals surface area contributed by atoms with Crippen LogP contribution in [-0.4, -0.2) is 35.8 Å². The quantitative estimate of drug-likeness (QED) is 0.588. The highest BCUT2D eigenvalue weighted by molar-refractivity contribution is 5.73. The maximum Gasteiger partial charge on any atom is 0.334 e. The summed E-state index contributed by atoms with van der Waals surface area (Å²) < 4.78 is 17.7. The summed E-state index contributed by atoms with van der Waals surface area (Å²) in [6.45, 7) is -0.132. The van der Waals surface area contributed by atoms with E-state index in [1.807, 2.05) is 0 Å². The first-order valence-electron chi connectivity index (χ1n) is 4.88. The molecule has 0 aromatic heterocycles. The van der Waals surface area contributed by atoms with Crippen molar-refractivity contribution >= 4 is 17.3 Å². The summed E-state index contributed by atoms with van der Waals surface area (Å²) in [4.78, 5) is 20.4. The molecule has 98 valence electrons. The average Bonchev–Trinajstić information content (AvgIpc) is 2.28. The van der Waals surface area contributed by atoms with Gasteiger partial charge in [0, 0.05) is 18.9 Å². The van der Waals surface area contributed by atoms with E-state index >= 15 is 0 Å². The molecule has 0 spiro atoms. The maximum atomic E-state index is 13.1. The highest BCUT2D eigenvalue weighted by atomic mass is 19.1. The van der Waals surface area contributed by atoms with Gasteiger partial charge in [0.2, 0.25) is 0 Å². The van der Waals surface area contributed by atoms with Crippen LogP contribution in [0, 0.1) is 15.9 Å². The molecule has 0 radical (unpaired) electrons. The third kappa shape index (κ3) is 3.67. The Kier molecular flexibility index (Phi) is 4.55. The van der Waals surface area contributed by atoms with Crippen LogP contribution in [0.15, 0.2) is 18.2 Å². The van der Waals surface area contributed by atoms with Gasteiger partial charge in [-0.25, -0.2) is 9.18 Å². The van der Waals surface area contributed by atoms with E-state index in [4.69, 9.17) is 5.11 Å². The molecular weight excluding hydrogens is 247 g/mol. The number of nitro groups is 1. The lowest BCUT2D eigenvalue weighted by atomic mass is 10.2. The zero-order chi connectivity index (χ0) is 13.7. The van der Waals surface area contributed by atoms with Gasteiger partial charge in [-0.15, -0.1) is 0 Å². The van der Waals surface area contributed by atoms with E-state index in [0.717, 1.165) is 18.2 Å². The van der Waals surface area contributed by atoms with Crippen LogP contribution >= 0.6 is 0 Å². The fraction of sp³-hybridized carbons (Fsp3) is 0.300. The molecular formula is C10H11FN2O5. The zero-order valence-corrected chi connectivity index (χ0v) is 9.42. The van der Waals surface area contributed by atoms with Gasteiger partial charge >= 0.3 is 5.97 Å². The number of hydrogen-bond acceptors (Lipinski definition) is 5. The second-order valence-corrected chi connectivity index (χ2v) is 3.40. The molecule has 0 aliphatic carbocycles. The fourth-order valence-electron chi connectivity index (χ4n) is 1.26. The van der Waals surface area contributed by atoms with E-state index in [-0.39, 0.29) is 12.2 Å². The average molecular weight is 258 g/mol. The third-order valence-corrected chi connectivity index (χ3v) is 2.14. The van der Waals surface area contributed by atoms with Crippen LogP contribution in [0.1, 0.15) is 0 Å². The number of nitrogens with zero attached hydrogens (tertiary/aromatic N) is 1. The minimum atomic E-state index is -1.18. The number of carboxylic acids is 1. The van der Waals surface area contributed by atoms with Crippen molar-refractivity contribution in [1.29, 1.82) is 0 Å². The zero-order valence-electron chi connectivity index (χ0n) is 9.42. The third-order valence-electron chi connectivity index (χ3n) is 2.14. The second-order valence-electron chi connectivity index (χ2n) is 3.40. The van der Waals surface area contributed by atoms with Crippen molar-refractivity contribution in [2.75, 3.05) is 19.0 Å². The van der Waals surface area contributed by atoms with E-state index in [1.54, 1.807) is 0 Å². The molecule has 0 aliphatic heterocycles. The molecule has 1 aromatic carbocycles. The van der Waals surface area contributed by atoms with Gasteiger partial charge in [-0.3, -0.25) is 10.1 Å². The van der Waals surface area contributed by atoms with Crippen molar-refractivity contribution in [3.05, 3.63) is 34.1 Å². The number of nitro benzene ring substituents is 1. The molecule has 7 nitrogen and oxygen atoms in total. The molecule has 0 aliphatic rings. The van der Waals surface area contributed by atoms with Crippen LogP contribution in [0.5, 0.6) is 0 Å². The molecule has 0 saturated heterocycles. The minimum absolute atomic E-state index is 0.116. The van der Waals surface area contributed by atoms with Crippen LogP contribution in [-0.2, 0) is 9.53 Å². The summed E-state index contributed by atoms with van der Waals surface area (Å²) in [5.41, 5.74) is -0.299. The van der Waals surface area contributed by atoms with Crippen molar-refractivity contribution in [1.82, 2.24) is 0 Å². The van der Waals surface area contributed by atoms with Gasteiger partial charge in [0.15, 0.2) is 6.10 Å². The Bertz CT molecular complexity index is 466. The molecule has 0 saturated carbocycles. The van der Waals surface area contributed by atoms with Gasteiger partial charge < -0.3 is 15.2 Å². The highest BCUT2D eigenvalue weighted by Gasteiger charge is 2.16. The molecule has 0 heterocycles. The van der Waals surface area contributed by atoms with E-state index in [1.165, 1.54) is 7.11 Å². The van der Waals surface area contributed by atoms with E-state index < -0.39 is 28.5 Å². The van der Waals surface area contributed by atoms with Crippen LogP contribution < -0.4 is 5.32 Å². The summed E-state index contributed by atoms with van der Waals surface area (Å²) in [7, 11) is 1.22. The molecule has 0 bridgehead atoms. The van der Waals surface area contributed by atoms with Gasteiger partial charge in [-0.05, 0) is 6.07 Å². The molecule has 1 aromatic rings. The van der Waals surface area contributed by atoms with Crippen molar-refractivity contribution in [2.45, 2.75) is 6.10 Å². The number of hydrogen-bond donors (Lipinski definition) is 2. The predicted octanol–water partition coefficient (Wildman–Crippen LogP) is 1.25. The first-order chi connectivity index (χ1) is 8.43. The Labute approximate surface area is 101 Å². The topological polar surface area (TPSA) is 102 Å². The van der Waals surface area contributed by atoms with Crippen molar-refractivity contribution in [3.63, 3.8) is 0 Å². The van der Waals surface area contributed by atoms with Gasteiger partial charge in [0.25, 0.3) is 5.69 Å². The first-order valence-corrected chi connectivity index (χ1v) is 4.88. The molecule has 1 atom stereocenters. The Balaban J connectivity index is 2.78. The lowest BCUT2D eigenvalue weighted by molar-refractivity contribution is -0.385. The van der Waals surface area contributed by atoms with Gasteiger partial charge in [0.1, 0.15) is 5.82 Å². The Morgan fingerprint density at radius 3 is 2.78 bits per heavy atom. The molecule has 1 rings (SSSR count). The number of non-ortho nitro benzene ring substituents is 1. The first kappa shape index (κ1) is 13.8. The number of benzene rings is 1. The number of carbonyl (C=O) groups is 1. The van der Waals surface area contributed by atoms with Gasteiger partial charge in [-0.1, -0.05) is 0 Å². The second kappa shape index (κ2) is 5.92. The van der Waals surface area contributed by atoms with Gasteiger partial charge in [0.05, 0.1) is 17.5 Å². The van der Waals surface area contributed by atoms with Gasteiger partial charge in [-0.2, -0.15) is 0 Å². The SMILES string of the molecule is COC(CNc1cc(F)cc([N+](=O)[O-])c1)C(=O)O. The van der Waals surface area contributed by atoms with Crippen LogP contribution in [0.2, 0.25) is 0 Å². The molecule has 1 unspecified atom stereocenters. The predicted molar refractivity (Wildman–Crippen MR) is 60.0 cm³/mol. The van der Waals surface area contributed by atoms with E-state index in [2.05, 4.69) is 10.1 Å². The standard InChI is InChI=1S/C10H11FN2O5/c1-18-9(10(14)15)5-12-7-2-6(11)3-8(4-7)13(16)17/h2-4,9,12H,5H2,1H3,(H,14,15). The summed E-state index contributed by atoms with van der Waals surface area (Å²) >= 11 is 0. The normalized spacial score (nSPS) is 11.9. The molecule has 0 amide bonds. The van der Waals surface area contributed by atoms with E-state index in [9.17, 15) is 19.3 Å². The Hall–Kier alpha value is -2.22. The Morgan fingerprint density at radius 2 is 2.28 bits per heavy atom. The minimum Gasteiger partial charge on any atom is -0.479 e. The Morgan fingerprint density at radius 1 is 1.61 bits per heavy atom. The lowest BCUT2D eigenvalue weighted by Crippen LogP contribution is -2.30. The molecule has 8 heteroatoms. The van der Waals surface area contributed by atoms with Crippen molar-refractivity contribution in [2.24, 2.45) is 0 Å². The monoisotopic (exact) mass is 258 g/mol. The van der Waals surface area contributed by atoms with Crippen LogP contribution in [0.3, 0.4) is 0 Å². The number of rotatable bonds is 6. The lowest BCUT2D eigenvalue weighted by Gasteiger charge is -2.12. The number of ether oxygens (including phenoxy) is 1. The smallest absolute Gasteiger partial charge is 0.334 e. The number of halogens is 1. The summed E-state index contributed by atoms with van der Waals surface area (Å²) in [6, 6.07) is 2.91. The molecule has 18 heavy (non-hydrogen) atoms. The highest BCUT2D eigenvalue weighted by Crippen LogP contribution is 2.19. The summed E-state index contributed by atoms with van der Waals surface area (Å²) in [5.74, 6) is -1.97. The van der Waals surface area contributed by atoms with Crippen LogP contribution in [0.4, 0.5) is 15.8 Å². The number of nitrogens with one attached hydrogen (secondary N) is 1. The van der Waals surface area contributed by atoms with Crippen molar-refractivity contribution in [3.8, 4) is 0 Å². The number of carboxylic acid groups (broad SMARTS) is 1. The number of methoxy groups -OCH3 is 1. The number of anilines is 1. The van der Waals surface area contributed by atoms with E-state index in [0.29, 0.717) is 0 Å². The van der Waals surface area contributed by atoms with Crippen molar-refractivity contribution < 1.29 is 24.0 Å². The number of aliphatic carboxylic acids is 1. The molecule has 2 N–H and O–H groups in total. The summed E-state index contributed by atoms with van der Waals surface area (Å²) in [5, 5.41) is 21.8. The largest absolute Gasteiger partial charge is 0.479 e.